The van der Waals surface area contributed by atoms with Gasteiger partial charge >= 0.3 is 29.6 Å². The molecule has 17 heavy (non-hydrogen) atoms. The van der Waals surface area contributed by atoms with E-state index in [0.29, 0.717) is 6.42 Å². The summed E-state index contributed by atoms with van der Waals surface area (Å²) in [5.41, 5.74) is 0. The van der Waals surface area contributed by atoms with Crippen molar-refractivity contribution in [3.05, 3.63) is 0 Å². The zero-order valence-corrected chi connectivity index (χ0v) is 13.3. The Kier molecular flexibility index (Phi) is 14.1. The minimum absolute atomic E-state index is 0. The summed E-state index contributed by atoms with van der Waals surface area (Å²) in [6.07, 6.45) is 5.99. The van der Waals surface area contributed by atoms with Crippen LogP contribution < -0.4 is 34.7 Å². The van der Waals surface area contributed by atoms with Gasteiger partial charge in [0.05, 0.1) is 0 Å². The first-order chi connectivity index (χ1) is 7.57. The number of carbonyl (C=O) groups excluding carboxylic acids is 2. The maximum Gasteiger partial charge on any atom is 1.00 e. The number of aliphatic carboxylic acids is 1. The van der Waals surface area contributed by atoms with Crippen LogP contribution in [-0.4, -0.2) is 30.4 Å². The first kappa shape index (κ1) is 19.3. The second-order valence-corrected chi connectivity index (χ2v) is 4.10. The Morgan fingerprint density at radius 3 is 2.18 bits per heavy atom. The van der Waals surface area contributed by atoms with Crippen molar-refractivity contribution in [3.63, 3.8) is 0 Å². The van der Waals surface area contributed by atoms with Crippen LogP contribution in [0.25, 0.3) is 0 Å². The van der Waals surface area contributed by atoms with E-state index in [-0.39, 0.29) is 48.4 Å². The van der Waals surface area contributed by atoms with E-state index in [4.69, 9.17) is 0 Å². The number of unbranched alkanes of at least 4 members (excludes halogenated alkanes) is 4. The minimum atomic E-state index is -1.11. The van der Waals surface area contributed by atoms with Crippen LogP contribution in [0, 0.1) is 0 Å². The summed E-state index contributed by atoms with van der Waals surface area (Å²) in [6, 6.07) is 0. The minimum Gasteiger partial charge on any atom is -0.550 e. The average Bonchev–Trinajstić information content (AvgIpc) is 2.25. The molecule has 0 unspecified atom stereocenters. The van der Waals surface area contributed by atoms with E-state index >= 15 is 0 Å². The normalized spacial score (nSPS) is 9.53. The van der Waals surface area contributed by atoms with Gasteiger partial charge in [-0.3, -0.25) is 4.79 Å². The topological polar surface area (TPSA) is 60.4 Å². The molecule has 0 fully saturated rings. The van der Waals surface area contributed by atoms with Crippen molar-refractivity contribution in [2.45, 2.75) is 51.9 Å². The van der Waals surface area contributed by atoms with Crippen molar-refractivity contribution in [1.82, 2.24) is 4.90 Å². The Morgan fingerprint density at radius 2 is 1.65 bits per heavy atom. The van der Waals surface area contributed by atoms with Gasteiger partial charge in [-0.2, -0.15) is 0 Å². The van der Waals surface area contributed by atoms with Gasteiger partial charge in [0, 0.05) is 32.4 Å². The fourth-order valence-electron chi connectivity index (χ4n) is 1.45. The molecule has 0 aliphatic carbocycles. The van der Waals surface area contributed by atoms with Gasteiger partial charge in [0.25, 0.3) is 0 Å². The number of amides is 1. The molecule has 1 amide bonds. The predicted molar refractivity (Wildman–Crippen MR) is 60.6 cm³/mol. The molecule has 0 rings (SSSR count). The molecule has 94 valence electrons. The summed E-state index contributed by atoms with van der Waals surface area (Å²) in [7, 11) is 1.64. The zero-order chi connectivity index (χ0) is 12.4. The van der Waals surface area contributed by atoms with E-state index in [1.165, 1.54) is 24.2 Å². The summed E-state index contributed by atoms with van der Waals surface area (Å²) in [5.74, 6) is -1.08. The Bertz CT molecular complexity index is 222. The molecule has 0 spiro atoms. The van der Waals surface area contributed by atoms with Crippen molar-refractivity contribution >= 4 is 11.9 Å². The van der Waals surface area contributed by atoms with E-state index in [9.17, 15) is 14.7 Å². The number of carboxylic acid groups (broad SMARTS) is 1. The fraction of sp³-hybridized carbons (Fsp3) is 0.833. The van der Waals surface area contributed by atoms with Crippen LogP contribution in [-0.2, 0) is 9.59 Å². The molecule has 0 aromatic rings. The Hall–Kier alpha value is -0.0600. The predicted octanol–water partition coefficient (Wildman–Crippen LogP) is -2.05. The molecule has 5 heteroatoms. The third-order valence-electron chi connectivity index (χ3n) is 2.57. The van der Waals surface area contributed by atoms with Crippen LogP contribution in [0.1, 0.15) is 51.9 Å². The number of carboxylic acids is 1. The first-order valence-electron chi connectivity index (χ1n) is 6.01. The second-order valence-electron chi connectivity index (χ2n) is 4.10. The van der Waals surface area contributed by atoms with Crippen molar-refractivity contribution in [2.75, 3.05) is 13.6 Å². The molecular weight excluding hydrogens is 229 g/mol. The molecule has 0 saturated heterocycles. The zero-order valence-electron chi connectivity index (χ0n) is 11.3. The smallest absolute Gasteiger partial charge is 0.550 e. The first-order valence-corrected chi connectivity index (χ1v) is 6.01. The SMILES string of the molecule is CCCCCCCC(=O)N(C)CCC(=O)[O-].[Na+]. The fourth-order valence-corrected chi connectivity index (χ4v) is 1.45. The van der Waals surface area contributed by atoms with E-state index in [2.05, 4.69) is 6.92 Å². The van der Waals surface area contributed by atoms with Gasteiger partial charge in [-0.15, -0.1) is 0 Å². The van der Waals surface area contributed by atoms with Crippen molar-refractivity contribution < 1.29 is 44.3 Å². The van der Waals surface area contributed by atoms with Crippen molar-refractivity contribution in [1.29, 1.82) is 0 Å². The van der Waals surface area contributed by atoms with Crippen LogP contribution in [0.5, 0.6) is 0 Å². The van der Waals surface area contributed by atoms with Gasteiger partial charge < -0.3 is 14.8 Å². The number of hydrogen-bond acceptors (Lipinski definition) is 3. The molecule has 0 bridgehead atoms. The third kappa shape index (κ3) is 12.2. The largest absolute Gasteiger partial charge is 1.00 e. The van der Waals surface area contributed by atoms with Gasteiger partial charge in [0.2, 0.25) is 5.91 Å². The van der Waals surface area contributed by atoms with Crippen LogP contribution in [0.15, 0.2) is 0 Å². The summed E-state index contributed by atoms with van der Waals surface area (Å²) in [6.45, 7) is 2.40. The molecule has 0 aliphatic rings. The molecule has 0 aliphatic heterocycles. The molecule has 0 N–H and O–H groups in total. The Labute approximate surface area is 126 Å². The van der Waals surface area contributed by atoms with Gasteiger partial charge in [0.15, 0.2) is 0 Å². The molecule has 0 aromatic carbocycles. The van der Waals surface area contributed by atoms with Crippen LogP contribution >= 0.6 is 0 Å². The second kappa shape index (κ2) is 12.4. The van der Waals surface area contributed by atoms with Crippen molar-refractivity contribution in [3.8, 4) is 0 Å². The number of carbonyl (C=O) groups is 2. The molecule has 0 heterocycles. The van der Waals surface area contributed by atoms with E-state index < -0.39 is 5.97 Å². The molecule has 0 aromatic heterocycles. The van der Waals surface area contributed by atoms with Gasteiger partial charge in [-0.1, -0.05) is 32.6 Å². The van der Waals surface area contributed by atoms with Crippen LogP contribution in [0.4, 0.5) is 0 Å². The molecule has 0 saturated carbocycles. The number of nitrogens with zero attached hydrogens (tertiary/aromatic N) is 1. The maximum absolute atomic E-state index is 11.5. The summed E-state index contributed by atoms with van der Waals surface area (Å²) in [5, 5.41) is 10.2. The summed E-state index contributed by atoms with van der Waals surface area (Å²) in [4.78, 5) is 23.2. The Morgan fingerprint density at radius 1 is 1.06 bits per heavy atom. The molecule has 4 nitrogen and oxygen atoms in total. The maximum atomic E-state index is 11.5. The van der Waals surface area contributed by atoms with Gasteiger partial charge in [-0.25, -0.2) is 0 Å². The third-order valence-corrected chi connectivity index (χ3v) is 2.57. The van der Waals surface area contributed by atoms with E-state index in [1.54, 1.807) is 7.05 Å². The van der Waals surface area contributed by atoms with E-state index in [1.807, 2.05) is 0 Å². The average molecular weight is 251 g/mol. The molecule has 0 atom stereocenters. The summed E-state index contributed by atoms with van der Waals surface area (Å²) >= 11 is 0. The van der Waals surface area contributed by atoms with Crippen LogP contribution in [0.3, 0.4) is 0 Å². The summed E-state index contributed by atoms with van der Waals surface area (Å²) < 4.78 is 0. The van der Waals surface area contributed by atoms with E-state index in [0.717, 1.165) is 12.8 Å². The van der Waals surface area contributed by atoms with Gasteiger partial charge in [0.1, 0.15) is 0 Å². The molecule has 0 radical (unpaired) electrons. The number of hydrogen-bond donors (Lipinski definition) is 0. The van der Waals surface area contributed by atoms with Crippen LogP contribution in [0.2, 0.25) is 0 Å². The number of rotatable bonds is 9. The van der Waals surface area contributed by atoms with Crippen molar-refractivity contribution in [2.24, 2.45) is 0 Å². The quantitative estimate of drug-likeness (QED) is 0.350. The standard InChI is InChI=1S/C12H23NO3.Na/c1-3-4-5-6-7-8-11(14)13(2)10-9-12(15)16;/h3-10H2,1-2H3,(H,15,16);/q;+1/p-1. The molecular formula is C12H22NNaO3. The Balaban J connectivity index is 0. The van der Waals surface area contributed by atoms with Gasteiger partial charge in [-0.05, 0) is 6.42 Å². The monoisotopic (exact) mass is 251 g/mol.